The van der Waals surface area contributed by atoms with Crippen LogP contribution in [0.15, 0.2) is 35.5 Å². The van der Waals surface area contributed by atoms with Crippen molar-refractivity contribution in [2.45, 2.75) is 71.5 Å². The molecule has 0 bridgehead atoms. The Morgan fingerprint density at radius 2 is 1.87 bits per heavy atom. The number of pyridine rings is 1. The van der Waals surface area contributed by atoms with E-state index in [-0.39, 0.29) is 11.7 Å². The first-order valence-corrected chi connectivity index (χ1v) is 11.2. The SMILES string of the molecule is Cc1cc2c(cc1-c1cc(C)c3ncnn3c1)[nH]c(=O)n2[C@H]1CC[C@@H](NC(C)C)CC1. The lowest BCUT2D eigenvalue weighted by Crippen LogP contribution is -2.38. The van der Waals surface area contributed by atoms with E-state index >= 15 is 0 Å². The van der Waals surface area contributed by atoms with E-state index in [1.54, 1.807) is 6.33 Å². The van der Waals surface area contributed by atoms with Crippen LogP contribution in [0.25, 0.3) is 27.8 Å². The summed E-state index contributed by atoms with van der Waals surface area (Å²) < 4.78 is 3.80. The predicted octanol–water partition coefficient (Wildman–Crippen LogP) is 4.14. The minimum absolute atomic E-state index is 0.00488. The Hall–Kier alpha value is -2.93. The van der Waals surface area contributed by atoms with Crippen molar-refractivity contribution in [2.24, 2.45) is 0 Å². The van der Waals surface area contributed by atoms with Gasteiger partial charge in [-0.2, -0.15) is 5.10 Å². The van der Waals surface area contributed by atoms with Crippen molar-refractivity contribution in [2.75, 3.05) is 0 Å². The molecular formula is C24H30N6O. The fourth-order valence-corrected chi connectivity index (χ4v) is 5.16. The van der Waals surface area contributed by atoms with E-state index in [9.17, 15) is 4.79 Å². The monoisotopic (exact) mass is 418 g/mol. The summed E-state index contributed by atoms with van der Waals surface area (Å²) in [5, 5.41) is 7.94. The topological polar surface area (TPSA) is 80.0 Å². The van der Waals surface area contributed by atoms with Gasteiger partial charge < -0.3 is 10.3 Å². The summed E-state index contributed by atoms with van der Waals surface area (Å²) in [6.07, 6.45) is 7.85. The van der Waals surface area contributed by atoms with E-state index in [1.165, 1.54) is 0 Å². The number of aromatic amines is 1. The van der Waals surface area contributed by atoms with Gasteiger partial charge in [0.1, 0.15) is 6.33 Å². The molecule has 0 radical (unpaired) electrons. The van der Waals surface area contributed by atoms with Crippen LogP contribution in [-0.4, -0.2) is 36.2 Å². The number of benzene rings is 1. The number of H-pyrrole nitrogens is 1. The molecule has 1 aliphatic rings. The second-order valence-corrected chi connectivity index (χ2v) is 9.25. The Bertz CT molecular complexity index is 1300. The zero-order valence-corrected chi connectivity index (χ0v) is 18.6. The Kier molecular flexibility index (Phi) is 4.93. The van der Waals surface area contributed by atoms with Gasteiger partial charge in [-0.05, 0) is 74.4 Å². The van der Waals surface area contributed by atoms with Crippen molar-refractivity contribution in [1.82, 2.24) is 29.5 Å². The molecule has 0 aliphatic heterocycles. The predicted molar refractivity (Wildman–Crippen MR) is 124 cm³/mol. The molecule has 162 valence electrons. The summed E-state index contributed by atoms with van der Waals surface area (Å²) in [6.45, 7) is 8.54. The van der Waals surface area contributed by atoms with Gasteiger partial charge in [0.15, 0.2) is 5.65 Å². The molecule has 0 spiro atoms. The number of fused-ring (bicyclic) bond motifs is 2. The minimum Gasteiger partial charge on any atom is -0.312 e. The smallest absolute Gasteiger partial charge is 0.312 e. The molecule has 1 aromatic carbocycles. The highest BCUT2D eigenvalue weighted by Crippen LogP contribution is 2.33. The van der Waals surface area contributed by atoms with Crippen LogP contribution < -0.4 is 11.0 Å². The fraction of sp³-hybridized carbons (Fsp3) is 0.458. The van der Waals surface area contributed by atoms with Gasteiger partial charge >= 0.3 is 5.69 Å². The van der Waals surface area contributed by atoms with E-state index in [1.807, 2.05) is 22.2 Å². The van der Waals surface area contributed by atoms with Crippen molar-refractivity contribution in [1.29, 1.82) is 0 Å². The number of hydrogen-bond acceptors (Lipinski definition) is 4. The van der Waals surface area contributed by atoms with Gasteiger partial charge in [0, 0.05) is 29.9 Å². The van der Waals surface area contributed by atoms with Crippen LogP contribution in [-0.2, 0) is 0 Å². The van der Waals surface area contributed by atoms with Gasteiger partial charge in [-0.25, -0.2) is 14.3 Å². The molecule has 3 aromatic heterocycles. The fourth-order valence-electron chi connectivity index (χ4n) is 5.16. The van der Waals surface area contributed by atoms with Crippen LogP contribution in [0.1, 0.15) is 56.7 Å². The Balaban J connectivity index is 1.51. The molecule has 2 N–H and O–H groups in total. The highest BCUT2D eigenvalue weighted by Gasteiger charge is 2.25. The Morgan fingerprint density at radius 1 is 1.10 bits per heavy atom. The van der Waals surface area contributed by atoms with Crippen LogP contribution >= 0.6 is 0 Å². The van der Waals surface area contributed by atoms with Crippen LogP contribution in [0.3, 0.4) is 0 Å². The van der Waals surface area contributed by atoms with E-state index < -0.39 is 0 Å². The zero-order chi connectivity index (χ0) is 21.7. The maximum absolute atomic E-state index is 12.9. The first-order chi connectivity index (χ1) is 14.9. The number of rotatable bonds is 4. The van der Waals surface area contributed by atoms with Gasteiger partial charge in [0.25, 0.3) is 0 Å². The summed E-state index contributed by atoms with van der Waals surface area (Å²) in [7, 11) is 0. The van der Waals surface area contributed by atoms with Gasteiger partial charge in [-0.1, -0.05) is 13.8 Å². The van der Waals surface area contributed by atoms with Gasteiger partial charge in [0.05, 0.1) is 11.0 Å². The standard InChI is InChI=1S/C24H30N6O/c1-14(2)27-18-5-7-19(8-6-18)30-22-10-15(3)20(11-21(22)28-24(30)31)17-9-16(4)23-25-13-26-29(23)12-17/h9-14,18-19,27H,5-8H2,1-4H3,(H,28,31)/t18-,19+. The summed E-state index contributed by atoms with van der Waals surface area (Å²) in [6, 6.07) is 7.70. The van der Waals surface area contributed by atoms with Crippen LogP contribution in [0.2, 0.25) is 0 Å². The first-order valence-electron chi connectivity index (χ1n) is 11.2. The molecule has 1 saturated carbocycles. The molecule has 31 heavy (non-hydrogen) atoms. The lowest BCUT2D eigenvalue weighted by Gasteiger charge is -2.31. The Labute approximate surface area is 181 Å². The third-order valence-electron chi connectivity index (χ3n) is 6.56. The number of hydrogen-bond donors (Lipinski definition) is 2. The molecule has 0 amide bonds. The van der Waals surface area contributed by atoms with Crippen molar-refractivity contribution in [3.63, 3.8) is 0 Å². The maximum Gasteiger partial charge on any atom is 0.326 e. The average molecular weight is 419 g/mol. The van der Waals surface area contributed by atoms with Gasteiger partial charge in [-0.15, -0.1) is 0 Å². The molecule has 0 saturated heterocycles. The quantitative estimate of drug-likeness (QED) is 0.522. The molecule has 1 fully saturated rings. The molecule has 0 atom stereocenters. The van der Waals surface area contributed by atoms with Gasteiger partial charge in [0.2, 0.25) is 0 Å². The van der Waals surface area contributed by atoms with Crippen molar-refractivity contribution in [3.05, 3.63) is 52.3 Å². The third kappa shape index (κ3) is 3.57. The lowest BCUT2D eigenvalue weighted by atomic mass is 9.90. The summed E-state index contributed by atoms with van der Waals surface area (Å²) in [5.41, 5.74) is 7.16. The molecule has 0 unspecified atom stereocenters. The minimum atomic E-state index is -0.00488. The van der Waals surface area contributed by atoms with Gasteiger partial charge in [-0.3, -0.25) is 4.57 Å². The second kappa shape index (κ2) is 7.64. The lowest BCUT2D eigenvalue weighted by molar-refractivity contribution is 0.281. The van der Waals surface area contributed by atoms with Crippen LogP contribution in [0, 0.1) is 13.8 Å². The molecule has 7 nitrogen and oxygen atoms in total. The third-order valence-corrected chi connectivity index (χ3v) is 6.56. The summed E-state index contributed by atoms with van der Waals surface area (Å²) >= 11 is 0. The number of imidazole rings is 1. The zero-order valence-electron chi connectivity index (χ0n) is 18.6. The van der Waals surface area contributed by atoms with Crippen molar-refractivity contribution in [3.8, 4) is 11.1 Å². The number of nitrogens with zero attached hydrogens (tertiary/aromatic N) is 4. The van der Waals surface area contributed by atoms with E-state index in [0.29, 0.717) is 12.1 Å². The average Bonchev–Trinajstić information content (AvgIpc) is 3.31. The molecule has 3 heterocycles. The highest BCUT2D eigenvalue weighted by atomic mass is 16.1. The number of aromatic nitrogens is 5. The molecule has 5 rings (SSSR count). The molecule has 7 heteroatoms. The summed E-state index contributed by atoms with van der Waals surface area (Å²) in [5.74, 6) is 0. The first kappa shape index (κ1) is 20.0. The van der Waals surface area contributed by atoms with Crippen LogP contribution in [0.4, 0.5) is 0 Å². The Morgan fingerprint density at radius 3 is 2.61 bits per heavy atom. The molecule has 1 aliphatic carbocycles. The normalized spacial score (nSPS) is 19.6. The molecular weight excluding hydrogens is 388 g/mol. The number of aryl methyl sites for hydroxylation is 2. The van der Waals surface area contributed by atoms with Crippen LogP contribution in [0.5, 0.6) is 0 Å². The van der Waals surface area contributed by atoms with E-state index in [2.05, 4.69) is 59.4 Å². The maximum atomic E-state index is 12.9. The van der Waals surface area contributed by atoms with Crippen molar-refractivity contribution < 1.29 is 0 Å². The molecule has 4 aromatic rings. The number of nitrogens with one attached hydrogen (secondary N) is 2. The van der Waals surface area contributed by atoms with Crippen molar-refractivity contribution >= 4 is 16.7 Å². The second-order valence-electron chi connectivity index (χ2n) is 9.25. The van der Waals surface area contributed by atoms with E-state index in [0.717, 1.165) is 64.6 Å². The highest BCUT2D eigenvalue weighted by molar-refractivity contribution is 5.84. The largest absolute Gasteiger partial charge is 0.326 e. The van der Waals surface area contributed by atoms with E-state index in [4.69, 9.17) is 0 Å². The summed E-state index contributed by atoms with van der Waals surface area (Å²) in [4.78, 5) is 20.3.